The minimum absolute atomic E-state index is 0.110. The molecule has 0 unspecified atom stereocenters. The molecule has 1 heterocycles. The number of benzene rings is 2. The zero-order valence-electron chi connectivity index (χ0n) is 18.4. The van der Waals surface area contributed by atoms with Crippen LogP contribution < -0.4 is 10.8 Å². The maximum absolute atomic E-state index is 14.5. The highest BCUT2D eigenvalue weighted by molar-refractivity contribution is 6.62. The van der Waals surface area contributed by atoms with Crippen molar-refractivity contribution in [1.82, 2.24) is 0 Å². The van der Waals surface area contributed by atoms with Gasteiger partial charge in [-0.3, -0.25) is 4.79 Å². The average Bonchev–Trinajstić information content (AvgIpc) is 2.84. The first-order valence-electron chi connectivity index (χ1n) is 9.89. The molecule has 3 rings (SSSR count). The van der Waals surface area contributed by atoms with Gasteiger partial charge in [0.05, 0.1) is 16.8 Å². The summed E-state index contributed by atoms with van der Waals surface area (Å²) in [5, 5.41) is 2.63. The number of amides is 1. The van der Waals surface area contributed by atoms with Gasteiger partial charge in [0.25, 0.3) is 5.91 Å². The van der Waals surface area contributed by atoms with Gasteiger partial charge in [0.2, 0.25) is 0 Å². The molecule has 1 N–H and O–H groups in total. The second-order valence-electron chi connectivity index (χ2n) is 8.90. The first-order chi connectivity index (χ1) is 13.8. The number of hydrogen-bond donors (Lipinski definition) is 1. The molecule has 1 fully saturated rings. The molecule has 1 saturated heterocycles. The van der Waals surface area contributed by atoms with Crippen LogP contribution >= 0.6 is 0 Å². The lowest BCUT2D eigenvalue weighted by Crippen LogP contribution is -2.41. The molecule has 1 aliphatic heterocycles. The van der Waals surface area contributed by atoms with Crippen LogP contribution in [0.15, 0.2) is 30.3 Å². The maximum atomic E-state index is 14.5. The Bertz CT molecular complexity index is 973. The molecule has 0 aliphatic carbocycles. The van der Waals surface area contributed by atoms with Crippen molar-refractivity contribution in [1.29, 1.82) is 0 Å². The lowest BCUT2D eigenvalue weighted by molar-refractivity contribution is 0.00578. The lowest BCUT2D eigenvalue weighted by atomic mass is 9.75. The molecule has 0 atom stereocenters. The van der Waals surface area contributed by atoms with Crippen LogP contribution in [0, 0.1) is 24.5 Å². The number of rotatable bonds is 4. The van der Waals surface area contributed by atoms with E-state index in [0.717, 1.165) is 5.92 Å². The molecule has 0 saturated carbocycles. The van der Waals surface area contributed by atoms with Gasteiger partial charge < -0.3 is 14.6 Å². The Morgan fingerprint density at radius 2 is 1.60 bits per heavy atom. The number of hydrogen-bond acceptors (Lipinski definition) is 3. The monoisotopic (exact) mass is 414 g/mol. The number of carbonyl (C=O) groups is 1. The predicted molar refractivity (Wildman–Crippen MR) is 115 cm³/mol. The molecule has 1 aliphatic rings. The van der Waals surface area contributed by atoms with E-state index in [4.69, 9.17) is 9.31 Å². The molecule has 159 valence electrons. The zero-order chi connectivity index (χ0) is 22.4. The molecule has 2 aromatic rings. The van der Waals surface area contributed by atoms with Crippen LogP contribution in [0.5, 0.6) is 0 Å². The van der Waals surface area contributed by atoms with Crippen molar-refractivity contribution in [2.45, 2.75) is 59.7 Å². The summed E-state index contributed by atoms with van der Waals surface area (Å²) >= 11 is 0. The van der Waals surface area contributed by atoms with Crippen molar-refractivity contribution in [3.63, 3.8) is 0 Å². The summed E-state index contributed by atoms with van der Waals surface area (Å²) in [7, 11) is -0.777. The van der Waals surface area contributed by atoms with Gasteiger partial charge >= 0.3 is 7.12 Å². The molecule has 30 heavy (non-hydrogen) atoms. The molecule has 2 aromatic carbocycles. The Hall–Kier alpha value is -2.25. The molecule has 1 radical (unpaired) electrons. The van der Waals surface area contributed by atoms with E-state index in [9.17, 15) is 13.6 Å². The first-order valence-corrected chi connectivity index (χ1v) is 9.89. The fourth-order valence-corrected chi connectivity index (χ4v) is 3.24. The van der Waals surface area contributed by atoms with Gasteiger partial charge in [-0.05, 0) is 81.4 Å². The minimum atomic E-state index is -0.777. The summed E-state index contributed by atoms with van der Waals surface area (Å²) < 4.78 is 40.9. The Morgan fingerprint density at radius 1 is 1.00 bits per heavy atom. The second-order valence-corrected chi connectivity index (χ2v) is 8.90. The van der Waals surface area contributed by atoms with Crippen molar-refractivity contribution < 1.29 is 22.9 Å². The van der Waals surface area contributed by atoms with Crippen molar-refractivity contribution in [2.75, 3.05) is 5.32 Å². The van der Waals surface area contributed by atoms with E-state index in [0.29, 0.717) is 16.6 Å². The van der Waals surface area contributed by atoms with Gasteiger partial charge in [-0.15, -0.1) is 0 Å². The highest BCUT2D eigenvalue weighted by atomic mass is 19.1. The van der Waals surface area contributed by atoms with Gasteiger partial charge in [0.1, 0.15) is 11.6 Å². The molecule has 1 amide bonds. The summed E-state index contributed by atoms with van der Waals surface area (Å²) in [5.41, 5.74) is 0.758. The van der Waals surface area contributed by atoms with Crippen LogP contribution in [-0.4, -0.2) is 24.2 Å². The molecule has 0 spiro atoms. The zero-order valence-corrected chi connectivity index (χ0v) is 18.4. The van der Waals surface area contributed by atoms with E-state index in [2.05, 4.69) is 5.32 Å². The highest BCUT2D eigenvalue weighted by Crippen LogP contribution is 2.37. The van der Waals surface area contributed by atoms with Crippen molar-refractivity contribution in [2.24, 2.45) is 0 Å². The fourth-order valence-electron chi connectivity index (χ4n) is 3.24. The van der Waals surface area contributed by atoms with Crippen LogP contribution in [0.1, 0.15) is 63.0 Å². The Labute approximate surface area is 177 Å². The second kappa shape index (κ2) is 7.78. The molecule has 0 aromatic heterocycles. The highest BCUT2D eigenvalue weighted by Gasteiger charge is 2.52. The smallest absolute Gasteiger partial charge is 0.399 e. The fraction of sp³-hybridized carbons (Fsp3) is 0.391. The van der Waals surface area contributed by atoms with Gasteiger partial charge in [0, 0.05) is 5.69 Å². The maximum Gasteiger partial charge on any atom is 0.495 e. The van der Waals surface area contributed by atoms with Gasteiger partial charge in [-0.1, -0.05) is 19.9 Å². The van der Waals surface area contributed by atoms with Gasteiger partial charge in [-0.2, -0.15) is 0 Å². The van der Waals surface area contributed by atoms with E-state index < -0.39 is 35.9 Å². The van der Waals surface area contributed by atoms with Crippen LogP contribution in [0.3, 0.4) is 0 Å². The van der Waals surface area contributed by atoms with Crippen molar-refractivity contribution in [3.05, 3.63) is 64.6 Å². The Balaban J connectivity index is 1.90. The standard InChI is InChI=1S/C23H27BF2NO3/c1-13(2)15-8-9-17(19(26)10-15)21(28)27-20-12-16(25)11-18(14(20)3)24-29-22(4,5)23(6,7)30-24/h8-12H,1-7H3,(H,27,28). The third kappa shape index (κ3) is 4.14. The first kappa shape index (κ1) is 22.4. The molecule has 0 bridgehead atoms. The van der Waals surface area contributed by atoms with E-state index in [1.807, 2.05) is 41.5 Å². The Morgan fingerprint density at radius 3 is 2.13 bits per heavy atom. The summed E-state index contributed by atoms with van der Waals surface area (Å²) in [4.78, 5) is 12.7. The number of halogens is 2. The van der Waals surface area contributed by atoms with Crippen LogP contribution in [0.4, 0.5) is 14.5 Å². The normalized spacial score (nSPS) is 17.5. The minimum Gasteiger partial charge on any atom is -0.399 e. The topological polar surface area (TPSA) is 47.6 Å². The largest absolute Gasteiger partial charge is 0.495 e. The summed E-state index contributed by atoms with van der Waals surface area (Å²) in [6.07, 6.45) is 0. The molecular weight excluding hydrogens is 387 g/mol. The van der Waals surface area contributed by atoms with Crippen molar-refractivity contribution >= 4 is 24.2 Å². The van der Waals surface area contributed by atoms with E-state index in [-0.39, 0.29) is 11.3 Å². The molecular formula is C23H27BF2NO3. The lowest BCUT2D eigenvalue weighted by Gasteiger charge is -2.32. The average molecular weight is 414 g/mol. The van der Waals surface area contributed by atoms with Crippen LogP contribution in [0.2, 0.25) is 0 Å². The van der Waals surface area contributed by atoms with E-state index >= 15 is 0 Å². The summed E-state index contributed by atoms with van der Waals surface area (Å²) in [5.74, 6) is -0.894. The third-order valence-corrected chi connectivity index (χ3v) is 5.96. The van der Waals surface area contributed by atoms with Gasteiger partial charge in [0.15, 0.2) is 0 Å². The molecule has 7 heteroatoms. The Kier molecular flexibility index (Phi) is 5.82. The quantitative estimate of drug-likeness (QED) is 0.733. The molecule has 4 nitrogen and oxygen atoms in total. The van der Waals surface area contributed by atoms with E-state index in [1.54, 1.807) is 13.0 Å². The van der Waals surface area contributed by atoms with Crippen molar-refractivity contribution in [3.8, 4) is 0 Å². The third-order valence-electron chi connectivity index (χ3n) is 5.96. The summed E-state index contributed by atoms with van der Waals surface area (Å²) in [6, 6.07) is 6.97. The van der Waals surface area contributed by atoms with Crippen LogP contribution in [0.25, 0.3) is 0 Å². The van der Waals surface area contributed by atoms with E-state index in [1.165, 1.54) is 24.3 Å². The number of anilines is 1. The number of carbonyl (C=O) groups excluding carboxylic acids is 1. The predicted octanol–water partition coefficient (Wildman–Crippen LogP) is 4.79. The van der Waals surface area contributed by atoms with Gasteiger partial charge in [-0.25, -0.2) is 8.78 Å². The number of nitrogens with one attached hydrogen (secondary N) is 1. The SMILES string of the molecule is C[C](C)c1ccc(C(=O)Nc2cc(F)cc(B3OC(C)(C)C(C)(C)O3)c2C)c(F)c1. The van der Waals surface area contributed by atoms with Crippen LogP contribution in [-0.2, 0) is 9.31 Å². The summed E-state index contributed by atoms with van der Waals surface area (Å²) in [6.45, 7) is 13.1.